The fourth-order valence-corrected chi connectivity index (χ4v) is 1.54. The number of nitrogen functional groups attached to an aromatic ring is 1. The van der Waals surface area contributed by atoms with Gasteiger partial charge >= 0.3 is 0 Å². The third-order valence-corrected chi connectivity index (χ3v) is 2.49. The number of nitrogens with zero attached hydrogens (tertiary/aromatic N) is 2. The maximum atomic E-state index is 12.4. The Morgan fingerprint density at radius 1 is 1.00 bits per heavy atom. The third-order valence-electron chi connectivity index (χ3n) is 2.49. The molecule has 0 spiro atoms. The van der Waals surface area contributed by atoms with Gasteiger partial charge in [-0.25, -0.2) is 4.39 Å². The number of hydrogen-bond acceptors (Lipinski definition) is 3. The molecule has 3 aromatic rings. The van der Waals surface area contributed by atoms with Crippen LogP contribution in [0, 0.1) is 17.1 Å². The van der Waals surface area contributed by atoms with Crippen LogP contribution in [0.2, 0.25) is 0 Å². The summed E-state index contributed by atoms with van der Waals surface area (Å²) in [5, 5.41) is 15.9. The van der Waals surface area contributed by atoms with Crippen LogP contribution >= 0.6 is 0 Å². The molecular formula is C18H23FN4. The van der Waals surface area contributed by atoms with Crippen molar-refractivity contribution in [3.05, 3.63) is 59.9 Å². The first-order valence-corrected chi connectivity index (χ1v) is 7.55. The summed E-state index contributed by atoms with van der Waals surface area (Å²) in [5.41, 5.74) is 6.61. The number of nitrogens with one attached hydrogen (secondary N) is 1. The van der Waals surface area contributed by atoms with Gasteiger partial charge in [0.05, 0.1) is 11.1 Å². The summed E-state index contributed by atoms with van der Waals surface area (Å²) in [5.74, 6) is 0.107. The van der Waals surface area contributed by atoms with Crippen molar-refractivity contribution in [2.75, 3.05) is 5.73 Å². The van der Waals surface area contributed by atoms with E-state index in [1.165, 1.54) is 12.1 Å². The molecule has 0 saturated heterocycles. The zero-order valence-electron chi connectivity index (χ0n) is 14.0. The average Bonchev–Trinajstić information content (AvgIpc) is 3.01. The van der Waals surface area contributed by atoms with Gasteiger partial charge in [0, 0.05) is 5.39 Å². The van der Waals surface area contributed by atoms with Gasteiger partial charge in [-0.05, 0) is 24.3 Å². The van der Waals surface area contributed by atoms with Crippen molar-refractivity contribution in [2.24, 2.45) is 0 Å². The molecule has 0 aliphatic carbocycles. The minimum atomic E-state index is -0.458. The number of aromatic amines is 1. The Kier molecular flexibility index (Phi) is 10.3. The normalized spacial score (nSPS) is 8.35. The molecule has 2 aromatic carbocycles. The highest BCUT2D eigenvalue weighted by atomic mass is 19.1. The first-order valence-electron chi connectivity index (χ1n) is 7.55. The molecular weight excluding hydrogens is 291 g/mol. The van der Waals surface area contributed by atoms with Gasteiger partial charge in [-0.3, -0.25) is 5.10 Å². The topological polar surface area (TPSA) is 78.5 Å². The molecule has 122 valence electrons. The van der Waals surface area contributed by atoms with Crippen LogP contribution in [-0.4, -0.2) is 10.2 Å². The molecule has 3 rings (SSSR count). The second-order valence-corrected chi connectivity index (χ2v) is 3.75. The lowest BCUT2D eigenvalue weighted by Crippen LogP contribution is -1.82. The maximum Gasteiger partial charge on any atom is 0.153 e. The van der Waals surface area contributed by atoms with Crippen LogP contribution in [0.1, 0.15) is 33.3 Å². The summed E-state index contributed by atoms with van der Waals surface area (Å²) < 4.78 is 12.4. The summed E-state index contributed by atoms with van der Waals surface area (Å²) in [6.07, 6.45) is 0. The van der Waals surface area contributed by atoms with Crippen molar-refractivity contribution < 1.29 is 4.39 Å². The lowest BCUT2D eigenvalue weighted by atomic mass is 10.2. The number of H-pyrrole nitrogens is 1. The van der Waals surface area contributed by atoms with Gasteiger partial charge in [-0.15, -0.1) is 0 Å². The highest BCUT2D eigenvalue weighted by molar-refractivity contribution is 5.88. The lowest BCUT2D eigenvalue weighted by molar-refractivity contribution is 0.624. The molecule has 23 heavy (non-hydrogen) atoms. The van der Waals surface area contributed by atoms with Crippen molar-refractivity contribution in [3.8, 4) is 6.07 Å². The third kappa shape index (κ3) is 6.18. The highest BCUT2D eigenvalue weighted by Crippen LogP contribution is 2.15. The standard InChI is InChI=1S/C7H4FN.C7H7N3.2C2H6/c8-7-4-2-1-3-6(7)5-9;8-7-5-3-1-2-4-6(5)9-10-7;2*1-2/h1-4H;1-4H,(H3,8,9,10);2*1-2H3. The monoisotopic (exact) mass is 314 g/mol. The lowest BCUT2D eigenvalue weighted by Gasteiger charge is -1.86. The minimum Gasteiger partial charge on any atom is -0.382 e. The van der Waals surface area contributed by atoms with Crippen molar-refractivity contribution in [1.29, 1.82) is 5.26 Å². The molecule has 0 saturated carbocycles. The van der Waals surface area contributed by atoms with Crippen molar-refractivity contribution in [3.63, 3.8) is 0 Å². The number of aromatic nitrogens is 2. The second kappa shape index (κ2) is 11.8. The zero-order valence-corrected chi connectivity index (χ0v) is 14.0. The van der Waals surface area contributed by atoms with E-state index in [1.54, 1.807) is 18.2 Å². The van der Waals surface area contributed by atoms with E-state index in [2.05, 4.69) is 10.2 Å². The molecule has 5 heteroatoms. The van der Waals surface area contributed by atoms with Crippen molar-refractivity contribution >= 4 is 16.7 Å². The van der Waals surface area contributed by atoms with E-state index in [1.807, 2.05) is 52.0 Å². The fourth-order valence-electron chi connectivity index (χ4n) is 1.54. The summed E-state index contributed by atoms with van der Waals surface area (Å²) in [4.78, 5) is 0. The van der Waals surface area contributed by atoms with Crippen molar-refractivity contribution in [2.45, 2.75) is 27.7 Å². The van der Waals surface area contributed by atoms with Gasteiger partial charge in [0.15, 0.2) is 5.82 Å². The Morgan fingerprint density at radius 2 is 1.57 bits per heavy atom. The van der Waals surface area contributed by atoms with E-state index < -0.39 is 5.82 Å². The molecule has 4 nitrogen and oxygen atoms in total. The molecule has 0 unspecified atom stereocenters. The van der Waals surface area contributed by atoms with Gasteiger partial charge in [0.25, 0.3) is 0 Å². The molecule has 3 N–H and O–H groups in total. The van der Waals surface area contributed by atoms with Gasteiger partial charge in [0.2, 0.25) is 0 Å². The fraction of sp³-hybridized carbons (Fsp3) is 0.222. The molecule has 1 heterocycles. The first-order chi connectivity index (χ1) is 11.2. The molecule has 0 aliphatic rings. The summed E-state index contributed by atoms with van der Waals surface area (Å²) in [7, 11) is 0. The number of fused-ring (bicyclic) bond motifs is 1. The summed E-state index contributed by atoms with van der Waals surface area (Å²) in [6.45, 7) is 8.00. The Hall–Kier alpha value is -2.87. The van der Waals surface area contributed by atoms with E-state index in [0.29, 0.717) is 5.82 Å². The number of benzene rings is 2. The van der Waals surface area contributed by atoms with E-state index in [-0.39, 0.29) is 5.56 Å². The highest BCUT2D eigenvalue weighted by Gasteiger charge is 1.97. The van der Waals surface area contributed by atoms with Gasteiger partial charge in [0.1, 0.15) is 11.9 Å². The smallest absolute Gasteiger partial charge is 0.153 e. The predicted octanol–water partition coefficient (Wildman–Crippen LogP) is 4.89. The Balaban J connectivity index is 0.000000349. The van der Waals surface area contributed by atoms with Crippen LogP contribution in [0.15, 0.2) is 48.5 Å². The summed E-state index contributed by atoms with van der Waals surface area (Å²) >= 11 is 0. The molecule has 1 aromatic heterocycles. The van der Waals surface area contributed by atoms with E-state index in [0.717, 1.165) is 10.9 Å². The quantitative estimate of drug-likeness (QED) is 0.619. The molecule has 0 bridgehead atoms. The van der Waals surface area contributed by atoms with E-state index >= 15 is 0 Å². The molecule has 0 radical (unpaired) electrons. The number of rotatable bonds is 0. The largest absolute Gasteiger partial charge is 0.382 e. The van der Waals surface area contributed by atoms with E-state index in [9.17, 15) is 4.39 Å². The summed E-state index contributed by atoms with van der Waals surface area (Å²) in [6, 6.07) is 15.4. The number of nitriles is 1. The van der Waals surface area contributed by atoms with Gasteiger partial charge in [-0.2, -0.15) is 10.4 Å². The van der Waals surface area contributed by atoms with Crippen LogP contribution in [0.4, 0.5) is 10.2 Å². The van der Waals surface area contributed by atoms with Crippen LogP contribution in [0.5, 0.6) is 0 Å². The predicted molar refractivity (Wildman–Crippen MR) is 94.3 cm³/mol. The van der Waals surface area contributed by atoms with E-state index in [4.69, 9.17) is 11.0 Å². The molecule has 0 aliphatic heterocycles. The zero-order chi connectivity index (χ0) is 17.7. The number of hydrogen-bond donors (Lipinski definition) is 2. The van der Waals surface area contributed by atoms with Gasteiger partial charge in [-0.1, -0.05) is 52.0 Å². The molecule has 0 fully saturated rings. The number of halogens is 1. The Morgan fingerprint density at radius 3 is 2.09 bits per heavy atom. The van der Waals surface area contributed by atoms with Crippen LogP contribution in [-0.2, 0) is 0 Å². The average molecular weight is 314 g/mol. The number of para-hydroxylation sites is 1. The Labute approximate surface area is 136 Å². The number of anilines is 1. The SMILES string of the molecule is CC.CC.N#Cc1ccccc1F.Nc1n[nH]c2ccccc12. The number of nitrogens with two attached hydrogens (primary N) is 1. The van der Waals surface area contributed by atoms with Crippen molar-refractivity contribution in [1.82, 2.24) is 10.2 Å². The molecule has 0 atom stereocenters. The van der Waals surface area contributed by atoms with Crippen LogP contribution in [0.25, 0.3) is 10.9 Å². The molecule has 0 amide bonds. The maximum absolute atomic E-state index is 12.4. The van der Waals surface area contributed by atoms with Gasteiger partial charge < -0.3 is 5.73 Å². The van der Waals surface area contributed by atoms with Crippen LogP contribution < -0.4 is 5.73 Å². The second-order valence-electron chi connectivity index (χ2n) is 3.75. The first kappa shape index (κ1) is 20.1. The minimum absolute atomic E-state index is 0.0949. The Bertz CT molecular complexity index is 729. The van der Waals surface area contributed by atoms with Crippen LogP contribution in [0.3, 0.4) is 0 Å².